The Balaban J connectivity index is 2.66. The maximum atomic E-state index is 11.8. The van der Waals surface area contributed by atoms with Crippen molar-refractivity contribution in [1.82, 2.24) is 9.55 Å². The second-order valence-electron chi connectivity index (χ2n) is 3.94. The van der Waals surface area contributed by atoms with Crippen LogP contribution in [0.25, 0.3) is 11.0 Å². The summed E-state index contributed by atoms with van der Waals surface area (Å²) in [7, 11) is 1.38. The molecule has 0 aliphatic carbocycles. The Labute approximate surface area is 106 Å². The molecule has 4 nitrogen and oxygen atoms in total. The monoisotopic (exact) mass is 244 g/mol. The molecule has 1 unspecified atom stereocenters. The van der Waals surface area contributed by atoms with Crippen molar-refractivity contribution in [2.75, 3.05) is 7.11 Å². The number of esters is 1. The second-order valence-corrected chi connectivity index (χ2v) is 3.94. The van der Waals surface area contributed by atoms with Crippen LogP contribution in [-0.4, -0.2) is 22.6 Å². The van der Waals surface area contributed by atoms with Gasteiger partial charge in [0.1, 0.15) is 5.82 Å². The molecule has 0 saturated carbocycles. The molecule has 0 bridgehead atoms. The Bertz CT molecular complexity index is 586. The molecule has 1 aromatic heterocycles. The molecular formula is C14H16N2O2. The van der Waals surface area contributed by atoms with Crippen LogP contribution in [0.4, 0.5) is 0 Å². The van der Waals surface area contributed by atoms with E-state index in [1.54, 1.807) is 6.08 Å². The minimum absolute atomic E-state index is 0.331. The van der Waals surface area contributed by atoms with Crippen molar-refractivity contribution in [3.05, 3.63) is 42.7 Å². The van der Waals surface area contributed by atoms with Gasteiger partial charge in [0.05, 0.1) is 18.1 Å². The van der Waals surface area contributed by atoms with E-state index in [9.17, 15) is 4.79 Å². The highest BCUT2D eigenvalue weighted by Crippen LogP contribution is 2.23. The summed E-state index contributed by atoms with van der Waals surface area (Å²) in [5.74, 6) is 0.523. The number of aryl methyl sites for hydroxylation is 1. The molecule has 4 heteroatoms. The number of fused-ring (bicyclic) bond motifs is 1. The Morgan fingerprint density at radius 1 is 1.56 bits per heavy atom. The first-order valence-electron chi connectivity index (χ1n) is 5.89. The maximum Gasteiger partial charge on any atom is 0.332 e. The van der Waals surface area contributed by atoms with Crippen molar-refractivity contribution >= 4 is 17.0 Å². The number of imidazole rings is 1. The zero-order valence-corrected chi connectivity index (χ0v) is 10.6. The molecule has 0 radical (unpaired) electrons. The fraction of sp³-hybridized carbons (Fsp3) is 0.286. The number of benzene rings is 1. The van der Waals surface area contributed by atoms with Crippen LogP contribution in [0.3, 0.4) is 0 Å². The highest BCUT2D eigenvalue weighted by Gasteiger charge is 2.22. The molecule has 18 heavy (non-hydrogen) atoms. The van der Waals surface area contributed by atoms with Gasteiger partial charge in [-0.25, -0.2) is 9.78 Å². The van der Waals surface area contributed by atoms with Gasteiger partial charge in [0.15, 0.2) is 6.04 Å². The van der Waals surface area contributed by atoms with Gasteiger partial charge in [-0.2, -0.15) is 0 Å². The molecule has 0 spiro atoms. The van der Waals surface area contributed by atoms with E-state index in [4.69, 9.17) is 4.74 Å². The highest BCUT2D eigenvalue weighted by molar-refractivity contribution is 5.82. The highest BCUT2D eigenvalue weighted by atomic mass is 16.5. The van der Waals surface area contributed by atoms with Crippen LogP contribution in [-0.2, 0) is 16.0 Å². The van der Waals surface area contributed by atoms with Crippen LogP contribution < -0.4 is 0 Å². The van der Waals surface area contributed by atoms with Gasteiger partial charge in [-0.15, -0.1) is 6.58 Å². The van der Waals surface area contributed by atoms with Crippen molar-refractivity contribution in [2.24, 2.45) is 0 Å². The number of aromatic nitrogens is 2. The lowest BCUT2D eigenvalue weighted by Crippen LogP contribution is -2.20. The average molecular weight is 244 g/mol. The lowest BCUT2D eigenvalue weighted by molar-refractivity contribution is -0.142. The van der Waals surface area contributed by atoms with Crippen molar-refractivity contribution < 1.29 is 9.53 Å². The van der Waals surface area contributed by atoms with Crippen molar-refractivity contribution in [2.45, 2.75) is 19.4 Å². The van der Waals surface area contributed by atoms with Crippen LogP contribution in [0.15, 0.2) is 36.9 Å². The Morgan fingerprint density at radius 2 is 2.28 bits per heavy atom. The molecule has 2 rings (SSSR count). The Morgan fingerprint density at radius 3 is 2.89 bits per heavy atom. The number of hydrogen-bond acceptors (Lipinski definition) is 3. The van der Waals surface area contributed by atoms with Gasteiger partial charge in [0, 0.05) is 6.42 Å². The van der Waals surface area contributed by atoms with Gasteiger partial charge in [0.2, 0.25) is 0 Å². The second kappa shape index (κ2) is 5.04. The zero-order valence-electron chi connectivity index (χ0n) is 10.6. The van der Waals surface area contributed by atoms with Gasteiger partial charge in [0.25, 0.3) is 0 Å². The largest absolute Gasteiger partial charge is 0.467 e. The molecule has 94 valence electrons. The lowest BCUT2D eigenvalue weighted by atomic mass is 10.2. The van der Waals surface area contributed by atoms with E-state index >= 15 is 0 Å². The first kappa shape index (κ1) is 12.4. The fourth-order valence-electron chi connectivity index (χ4n) is 2.08. The van der Waals surface area contributed by atoms with E-state index in [0.29, 0.717) is 0 Å². The third-order valence-electron chi connectivity index (χ3n) is 2.93. The molecule has 0 fully saturated rings. The molecule has 1 aromatic carbocycles. The normalized spacial score (nSPS) is 12.3. The minimum atomic E-state index is -0.530. The summed E-state index contributed by atoms with van der Waals surface area (Å²) in [6.07, 6.45) is 2.33. The molecule has 0 aliphatic rings. The molecular weight excluding hydrogens is 228 g/mol. The SMILES string of the molecule is C=CC(C(=O)OC)n1c(CC)nc2ccccc21. The van der Waals surface area contributed by atoms with Crippen molar-refractivity contribution in [3.8, 4) is 0 Å². The smallest absolute Gasteiger partial charge is 0.332 e. The summed E-state index contributed by atoms with van der Waals surface area (Å²) in [6.45, 7) is 5.73. The number of hydrogen-bond donors (Lipinski definition) is 0. The quantitative estimate of drug-likeness (QED) is 0.613. The number of rotatable bonds is 4. The Kier molecular flexibility index (Phi) is 3.46. The molecule has 2 aromatic rings. The molecule has 0 amide bonds. The van der Waals surface area contributed by atoms with E-state index in [0.717, 1.165) is 23.3 Å². The third kappa shape index (κ3) is 1.90. The molecule has 1 heterocycles. The van der Waals surface area contributed by atoms with Gasteiger partial charge < -0.3 is 9.30 Å². The molecule has 1 atom stereocenters. The van der Waals surface area contributed by atoms with E-state index < -0.39 is 6.04 Å². The van der Waals surface area contributed by atoms with Gasteiger partial charge >= 0.3 is 5.97 Å². The van der Waals surface area contributed by atoms with Crippen LogP contribution in [0, 0.1) is 0 Å². The third-order valence-corrected chi connectivity index (χ3v) is 2.93. The van der Waals surface area contributed by atoms with Crippen LogP contribution >= 0.6 is 0 Å². The molecule has 0 saturated heterocycles. The number of nitrogens with zero attached hydrogens (tertiary/aromatic N) is 2. The molecule has 0 N–H and O–H groups in total. The summed E-state index contributed by atoms with van der Waals surface area (Å²) in [4.78, 5) is 16.3. The van der Waals surface area contributed by atoms with Crippen LogP contribution in [0.5, 0.6) is 0 Å². The topological polar surface area (TPSA) is 44.1 Å². The average Bonchev–Trinajstić information content (AvgIpc) is 2.78. The van der Waals surface area contributed by atoms with Crippen molar-refractivity contribution in [3.63, 3.8) is 0 Å². The standard InChI is InChI=1S/C14H16N2O2/c1-4-11(14(17)18-3)16-12-9-7-6-8-10(12)15-13(16)5-2/h4,6-9,11H,1,5H2,2-3H3. The lowest BCUT2D eigenvalue weighted by Gasteiger charge is -2.15. The first-order chi connectivity index (χ1) is 8.72. The van der Waals surface area contributed by atoms with Crippen LogP contribution in [0.2, 0.25) is 0 Å². The van der Waals surface area contributed by atoms with E-state index in [1.807, 2.05) is 35.8 Å². The van der Waals surface area contributed by atoms with Gasteiger partial charge in [-0.1, -0.05) is 25.1 Å². The predicted octanol–water partition coefficient (Wildman–Crippen LogP) is 2.50. The van der Waals surface area contributed by atoms with E-state index in [2.05, 4.69) is 11.6 Å². The number of para-hydroxylation sites is 2. The summed E-state index contributed by atoms with van der Waals surface area (Å²) in [5, 5.41) is 0. The number of ether oxygens (including phenoxy) is 1. The number of carbonyl (C=O) groups excluding carboxylic acids is 1. The van der Waals surface area contributed by atoms with Crippen LogP contribution in [0.1, 0.15) is 18.8 Å². The fourth-order valence-corrected chi connectivity index (χ4v) is 2.08. The maximum absolute atomic E-state index is 11.8. The predicted molar refractivity (Wildman–Crippen MR) is 70.4 cm³/mol. The van der Waals surface area contributed by atoms with Gasteiger partial charge in [-0.3, -0.25) is 0 Å². The zero-order chi connectivity index (χ0) is 13.1. The Hall–Kier alpha value is -2.10. The summed E-state index contributed by atoms with van der Waals surface area (Å²) < 4.78 is 6.70. The van der Waals surface area contributed by atoms with E-state index in [-0.39, 0.29) is 5.97 Å². The molecule has 0 aliphatic heterocycles. The summed E-state index contributed by atoms with van der Waals surface area (Å²) >= 11 is 0. The summed E-state index contributed by atoms with van der Waals surface area (Å²) in [6, 6.07) is 7.21. The number of carbonyl (C=O) groups is 1. The van der Waals surface area contributed by atoms with Crippen molar-refractivity contribution in [1.29, 1.82) is 0 Å². The van der Waals surface area contributed by atoms with Gasteiger partial charge in [-0.05, 0) is 12.1 Å². The number of methoxy groups -OCH3 is 1. The first-order valence-corrected chi connectivity index (χ1v) is 5.89. The van der Waals surface area contributed by atoms with E-state index in [1.165, 1.54) is 7.11 Å². The minimum Gasteiger partial charge on any atom is -0.467 e. The summed E-state index contributed by atoms with van der Waals surface area (Å²) in [5.41, 5.74) is 1.80.